The van der Waals surface area contributed by atoms with Crippen molar-refractivity contribution in [3.8, 4) is 0 Å². The van der Waals surface area contributed by atoms with Gasteiger partial charge in [0, 0.05) is 12.1 Å². The highest BCUT2D eigenvalue weighted by Crippen LogP contribution is 2.32. The first-order chi connectivity index (χ1) is 10.7. The standard InChI is InChI=1S/C18H36N2P2/c21-17-9-3-5-13(17)11-19-15-7-1-2-8-16(15)20-12-14-6-4-10-18(14)22/h13-20H,1-12,21-22H2. The van der Waals surface area contributed by atoms with Gasteiger partial charge in [-0.2, -0.15) is 0 Å². The fourth-order valence-corrected chi connectivity index (χ4v) is 5.99. The van der Waals surface area contributed by atoms with Crippen molar-refractivity contribution in [2.45, 2.75) is 87.6 Å². The number of rotatable bonds is 6. The van der Waals surface area contributed by atoms with Gasteiger partial charge >= 0.3 is 0 Å². The first kappa shape index (κ1) is 17.6. The van der Waals surface area contributed by atoms with Gasteiger partial charge in [0.05, 0.1) is 0 Å². The largest absolute Gasteiger partial charge is 0.312 e. The molecule has 128 valence electrons. The van der Waals surface area contributed by atoms with E-state index in [1.165, 1.54) is 77.3 Å². The molecule has 0 bridgehead atoms. The molecule has 2 nitrogen and oxygen atoms in total. The van der Waals surface area contributed by atoms with Gasteiger partial charge in [-0.1, -0.05) is 25.7 Å². The third-order valence-electron chi connectivity index (χ3n) is 6.49. The third-order valence-corrected chi connectivity index (χ3v) is 8.24. The van der Waals surface area contributed by atoms with E-state index in [0.717, 1.165) is 35.2 Å². The van der Waals surface area contributed by atoms with Gasteiger partial charge in [-0.25, -0.2) is 0 Å². The summed E-state index contributed by atoms with van der Waals surface area (Å²) in [5.74, 6) is 1.80. The highest BCUT2D eigenvalue weighted by molar-refractivity contribution is 7.17. The van der Waals surface area contributed by atoms with Gasteiger partial charge in [-0.05, 0) is 74.8 Å². The Morgan fingerprint density at radius 2 is 1.05 bits per heavy atom. The van der Waals surface area contributed by atoms with Gasteiger partial charge in [-0.15, -0.1) is 18.5 Å². The molecule has 4 heteroatoms. The molecule has 0 aromatic carbocycles. The quantitative estimate of drug-likeness (QED) is 0.721. The molecule has 0 aliphatic heterocycles. The van der Waals surface area contributed by atoms with Crippen LogP contribution in [-0.4, -0.2) is 36.5 Å². The summed E-state index contributed by atoms with van der Waals surface area (Å²) in [7, 11) is 6.17. The lowest BCUT2D eigenvalue weighted by Crippen LogP contribution is -2.52. The maximum Gasteiger partial charge on any atom is 0.0221 e. The molecule has 8 unspecified atom stereocenters. The van der Waals surface area contributed by atoms with Gasteiger partial charge in [0.1, 0.15) is 0 Å². The SMILES string of the molecule is PC1CCCC1CNC1CCCCC1NCC1CCCC1P. The molecule has 3 aliphatic carbocycles. The maximum absolute atomic E-state index is 3.95. The zero-order valence-electron chi connectivity index (χ0n) is 14.1. The van der Waals surface area contributed by atoms with Crippen LogP contribution in [0.3, 0.4) is 0 Å². The van der Waals surface area contributed by atoms with E-state index in [-0.39, 0.29) is 0 Å². The molecule has 0 aromatic heterocycles. The van der Waals surface area contributed by atoms with Crippen LogP contribution in [0.2, 0.25) is 0 Å². The second kappa shape index (κ2) is 8.75. The van der Waals surface area contributed by atoms with Gasteiger partial charge in [0.25, 0.3) is 0 Å². The van der Waals surface area contributed by atoms with Crippen molar-refractivity contribution in [3.05, 3.63) is 0 Å². The maximum atomic E-state index is 3.95. The summed E-state index contributed by atoms with van der Waals surface area (Å²) in [6.45, 7) is 2.49. The van der Waals surface area contributed by atoms with Crippen molar-refractivity contribution in [2.75, 3.05) is 13.1 Å². The van der Waals surface area contributed by atoms with Crippen molar-refractivity contribution in [1.82, 2.24) is 10.6 Å². The van der Waals surface area contributed by atoms with Gasteiger partial charge in [-0.3, -0.25) is 0 Å². The van der Waals surface area contributed by atoms with Crippen molar-refractivity contribution < 1.29 is 0 Å². The van der Waals surface area contributed by atoms with E-state index in [2.05, 4.69) is 29.1 Å². The fraction of sp³-hybridized carbons (Fsp3) is 1.00. The van der Waals surface area contributed by atoms with E-state index in [1.807, 2.05) is 0 Å². The van der Waals surface area contributed by atoms with Gasteiger partial charge < -0.3 is 10.6 Å². The van der Waals surface area contributed by atoms with Gasteiger partial charge in [0.15, 0.2) is 0 Å². The smallest absolute Gasteiger partial charge is 0.0221 e. The summed E-state index contributed by atoms with van der Waals surface area (Å²) in [6.07, 6.45) is 14.2. The summed E-state index contributed by atoms with van der Waals surface area (Å²) >= 11 is 0. The number of hydrogen-bond acceptors (Lipinski definition) is 2. The summed E-state index contributed by atoms with van der Waals surface area (Å²) in [5, 5.41) is 7.90. The molecule has 3 rings (SSSR count). The molecule has 3 fully saturated rings. The minimum absolute atomic E-state index is 0.718. The predicted octanol–water partition coefficient (Wildman–Crippen LogP) is 3.56. The topological polar surface area (TPSA) is 24.1 Å². The van der Waals surface area contributed by atoms with E-state index in [0.29, 0.717) is 0 Å². The minimum Gasteiger partial charge on any atom is -0.312 e. The molecule has 0 aromatic rings. The second-order valence-electron chi connectivity index (χ2n) is 8.02. The highest BCUT2D eigenvalue weighted by atomic mass is 31.0. The lowest BCUT2D eigenvalue weighted by Gasteiger charge is -2.35. The first-order valence-electron chi connectivity index (χ1n) is 9.72. The lowest BCUT2D eigenvalue weighted by molar-refractivity contribution is 0.263. The molecule has 0 saturated heterocycles. The molecule has 3 saturated carbocycles. The van der Waals surface area contributed by atoms with E-state index in [9.17, 15) is 0 Å². The van der Waals surface area contributed by atoms with Crippen LogP contribution in [0.5, 0.6) is 0 Å². The zero-order chi connectivity index (χ0) is 15.4. The normalized spacial score (nSPS) is 42.8. The fourth-order valence-electron chi connectivity index (χ4n) is 4.86. The van der Waals surface area contributed by atoms with Crippen LogP contribution in [0, 0.1) is 11.8 Å². The molecular formula is C18H36N2P2. The number of nitrogens with one attached hydrogen (secondary N) is 2. The Labute approximate surface area is 142 Å². The predicted molar refractivity (Wildman–Crippen MR) is 104 cm³/mol. The molecule has 2 N–H and O–H groups in total. The van der Waals surface area contributed by atoms with Crippen LogP contribution in [0.15, 0.2) is 0 Å². The Kier molecular flexibility index (Phi) is 7.00. The van der Waals surface area contributed by atoms with Crippen molar-refractivity contribution in [2.24, 2.45) is 11.8 Å². The summed E-state index contributed by atoms with van der Waals surface area (Å²) in [5.41, 5.74) is 1.72. The molecule has 0 spiro atoms. The van der Waals surface area contributed by atoms with Crippen LogP contribution in [0.4, 0.5) is 0 Å². The van der Waals surface area contributed by atoms with Crippen molar-refractivity contribution in [1.29, 1.82) is 0 Å². The third kappa shape index (κ3) is 4.66. The van der Waals surface area contributed by atoms with E-state index >= 15 is 0 Å². The Morgan fingerprint density at radius 1 is 0.591 bits per heavy atom. The van der Waals surface area contributed by atoms with Crippen molar-refractivity contribution >= 4 is 18.5 Å². The summed E-state index contributed by atoms with van der Waals surface area (Å²) in [6, 6.07) is 1.44. The van der Waals surface area contributed by atoms with Crippen LogP contribution < -0.4 is 10.6 Å². The number of hydrogen-bond donors (Lipinski definition) is 2. The van der Waals surface area contributed by atoms with Crippen LogP contribution in [0.25, 0.3) is 0 Å². The molecular weight excluding hydrogens is 306 g/mol. The Morgan fingerprint density at radius 3 is 1.41 bits per heavy atom. The zero-order valence-corrected chi connectivity index (χ0v) is 16.4. The monoisotopic (exact) mass is 342 g/mol. The molecule has 8 atom stereocenters. The van der Waals surface area contributed by atoms with Crippen LogP contribution in [-0.2, 0) is 0 Å². The average molecular weight is 342 g/mol. The van der Waals surface area contributed by atoms with E-state index in [1.54, 1.807) is 0 Å². The molecule has 0 radical (unpaired) electrons. The Bertz CT molecular complexity index is 307. The second-order valence-corrected chi connectivity index (χ2v) is 9.74. The Hall–Kier alpha value is 0.780. The van der Waals surface area contributed by atoms with Crippen molar-refractivity contribution in [3.63, 3.8) is 0 Å². The summed E-state index contributed by atoms with van der Waals surface area (Å²) in [4.78, 5) is 0. The first-order valence-corrected chi connectivity index (χ1v) is 11.1. The lowest BCUT2D eigenvalue weighted by atomic mass is 9.89. The summed E-state index contributed by atoms with van der Waals surface area (Å²) < 4.78 is 0. The molecule has 3 aliphatic rings. The van der Waals surface area contributed by atoms with Crippen LogP contribution in [0.1, 0.15) is 64.2 Å². The van der Waals surface area contributed by atoms with Gasteiger partial charge in [0.2, 0.25) is 0 Å². The minimum atomic E-state index is 0.718. The highest BCUT2D eigenvalue weighted by Gasteiger charge is 2.30. The van der Waals surface area contributed by atoms with Crippen LogP contribution >= 0.6 is 18.5 Å². The van der Waals surface area contributed by atoms with E-state index in [4.69, 9.17) is 0 Å². The molecule has 0 heterocycles. The molecule has 22 heavy (non-hydrogen) atoms. The molecule has 0 amide bonds. The van der Waals surface area contributed by atoms with E-state index < -0.39 is 0 Å². The average Bonchev–Trinajstić information content (AvgIpc) is 3.12. The Balaban J connectivity index is 1.43.